The molecular weight excluding hydrogens is 221 g/mol. The van der Waals surface area contributed by atoms with Crippen LogP contribution in [0.25, 0.3) is 0 Å². The largest absolute Gasteiger partial charge is 0.325 e. The van der Waals surface area contributed by atoms with Gasteiger partial charge in [-0.25, -0.2) is 14.2 Å². The Morgan fingerprint density at radius 3 is 2.76 bits per heavy atom. The van der Waals surface area contributed by atoms with Crippen molar-refractivity contribution in [3.8, 4) is 0 Å². The van der Waals surface area contributed by atoms with Crippen molar-refractivity contribution in [2.45, 2.75) is 19.3 Å². The fourth-order valence-electron chi connectivity index (χ4n) is 2.01. The molecule has 4 nitrogen and oxygen atoms in total. The molecular formula is C12H16FN3O. The molecule has 5 heteroatoms. The summed E-state index contributed by atoms with van der Waals surface area (Å²) < 4.78 is 13.5. The summed E-state index contributed by atoms with van der Waals surface area (Å²) >= 11 is 0. The van der Waals surface area contributed by atoms with E-state index in [2.05, 4.69) is 4.98 Å². The molecule has 2 heterocycles. The molecule has 0 atom stereocenters. The van der Waals surface area contributed by atoms with Gasteiger partial charge in [-0.05, 0) is 31.4 Å². The number of urea groups is 1. The first-order chi connectivity index (χ1) is 8.20. The number of amides is 2. The van der Waals surface area contributed by atoms with Gasteiger partial charge in [0.25, 0.3) is 0 Å². The molecule has 2 rings (SSSR count). The number of hydrogen-bond acceptors (Lipinski definition) is 2. The maximum absolute atomic E-state index is 13.5. The topological polar surface area (TPSA) is 36.4 Å². The molecule has 0 N–H and O–H groups in total. The van der Waals surface area contributed by atoms with Gasteiger partial charge in [0.2, 0.25) is 0 Å². The lowest BCUT2D eigenvalue weighted by Gasteiger charge is -2.30. The number of carbonyl (C=O) groups is 1. The maximum atomic E-state index is 13.5. The number of carbonyl (C=O) groups excluding carboxylic acids is 1. The molecule has 17 heavy (non-hydrogen) atoms. The molecule has 1 aromatic rings. The van der Waals surface area contributed by atoms with Crippen LogP contribution >= 0.6 is 0 Å². The zero-order chi connectivity index (χ0) is 12.3. The summed E-state index contributed by atoms with van der Waals surface area (Å²) in [5, 5.41) is 0. The van der Waals surface area contributed by atoms with E-state index in [1.165, 1.54) is 23.2 Å². The van der Waals surface area contributed by atoms with Crippen molar-refractivity contribution in [2.24, 2.45) is 0 Å². The third-order valence-electron chi connectivity index (χ3n) is 2.97. The zero-order valence-electron chi connectivity index (χ0n) is 9.90. The quantitative estimate of drug-likeness (QED) is 0.751. The van der Waals surface area contributed by atoms with E-state index in [0.717, 1.165) is 32.4 Å². The van der Waals surface area contributed by atoms with Gasteiger partial charge in [0.05, 0.1) is 0 Å². The molecule has 0 aliphatic carbocycles. The molecule has 1 saturated heterocycles. The maximum Gasteiger partial charge on any atom is 0.325 e. The van der Waals surface area contributed by atoms with Gasteiger partial charge in [-0.2, -0.15) is 0 Å². The lowest BCUT2D eigenvalue weighted by Crippen LogP contribution is -2.44. The minimum absolute atomic E-state index is 0.0862. The molecule has 1 aromatic heterocycles. The molecule has 0 unspecified atom stereocenters. The molecule has 92 valence electrons. The van der Waals surface area contributed by atoms with E-state index < -0.39 is 5.82 Å². The van der Waals surface area contributed by atoms with Crippen LogP contribution in [0.5, 0.6) is 0 Å². The van der Waals surface area contributed by atoms with Crippen LogP contribution in [0.15, 0.2) is 18.3 Å². The number of anilines is 1. The Morgan fingerprint density at radius 2 is 2.12 bits per heavy atom. The van der Waals surface area contributed by atoms with Crippen LogP contribution in [0.1, 0.15) is 19.3 Å². The first kappa shape index (κ1) is 11.8. The van der Waals surface area contributed by atoms with Crippen LogP contribution in [-0.2, 0) is 0 Å². The zero-order valence-corrected chi connectivity index (χ0v) is 9.90. The van der Waals surface area contributed by atoms with Crippen molar-refractivity contribution in [1.29, 1.82) is 0 Å². The monoisotopic (exact) mass is 237 g/mol. The van der Waals surface area contributed by atoms with E-state index >= 15 is 0 Å². The minimum Gasteiger partial charge on any atom is -0.324 e. The highest BCUT2D eigenvalue weighted by Crippen LogP contribution is 2.17. The second-order valence-corrected chi connectivity index (χ2v) is 4.20. The van der Waals surface area contributed by atoms with E-state index in [1.54, 1.807) is 11.9 Å². The minimum atomic E-state index is -0.472. The van der Waals surface area contributed by atoms with Crippen molar-refractivity contribution in [3.05, 3.63) is 24.1 Å². The van der Waals surface area contributed by atoms with Crippen molar-refractivity contribution in [3.63, 3.8) is 0 Å². The first-order valence-corrected chi connectivity index (χ1v) is 5.83. The lowest BCUT2D eigenvalue weighted by molar-refractivity contribution is 0.194. The number of piperidine rings is 1. The molecule has 0 radical (unpaired) electrons. The van der Waals surface area contributed by atoms with E-state index in [-0.39, 0.29) is 11.8 Å². The van der Waals surface area contributed by atoms with Gasteiger partial charge in [-0.3, -0.25) is 4.90 Å². The van der Waals surface area contributed by atoms with Gasteiger partial charge in [-0.1, -0.05) is 0 Å². The van der Waals surface area contributed by atoms with Gasteiger partial charge in [0, 0.05) is 26.3 Å². The number of aromatic nitrogens is 1. The van der Waals surface area contributed by atoms with Gasteiger partial charge in [0.1, 0.15) is 0 Å². The molecule has 1 aliphatic rings. The normalized spacial score (nSPS) is 15.8. The fraction of sp³-hybridized carbons (Fsp3) is 0.500. The van der Waals surface area contributed by atoms with Crippen molar-refractivity contribution in [1.82, 2.24) is 9.88 Å². The van der Waals surface area contributed by atoms with Crippen LogP contribution in [-0.4, -0.2) is 36.1 Å². The number of pyridine rings is 1. The highest BCUT2D eigenvalue weighted by molar-refractivity contribution is 5.90. The van der Waals surface area contributed by atoms with Crippen LogP contribution in [0.2, 0.25) is 0 Å². The van der Waals surface area contributed by atoms with E-state index in [4.69, 9.17) is 0 Å². The highest BCUT2D eigenvalue weighted by atomic mass is 19.1. The molecule has 2 amide bonds. The van der Waals surface area contributed by atoms with Crippen molar-refractivity contribution in [2.75, 3.05) is 25.0 Å². The third-order valence-corrected chi connectivity index (χ3v) is 2.97. The summed E-state index contributed by atoms with van der Waals surface area (Å²) in [6.07, 6.45) is 4.68. The average molecular weight is 237 g/mol. The summed E-state index contributed by atoms with van der Waals surface area (Å²) in [7, 11) is 1.56. The number of rotatable bonds is 1. The number of nitrogens with zero attached hydrogens (tertiary/aromatic N) is 3. The second-order valence-electron chi connectivity index (χ2n) is 4.20. The Hall–Kier alpha value is -1.65. The second kappa shape index (κ2) is 5.12. The summed E-state index contributed by atoms with van der Waals surface area (Å²) in [5.74, 6) is -0.386. The van der Waals surface area contributed by atoms with Crippen LogP contribution in [0.4, 0.5) is 15.0 Å². The third kappa shape index (κ3) is 2.54. The molecule has 1 fully saturated rings. The number of hydrogen-bond donors (Lipinski definition) is 0. The predicted molar refractivity (Wildman–Crippen MR) is 63.4 cm³/mol. The average Bonchev–Trinajstić information content (AvgIpc) is 2.39. The smallest absolute Gasteiger partial charge is 0.324 e. The Labute approximate surface area is 100 Å². The SMILES string of the molecule is CN(C(=O)N1CCCCC1)c1ncccc1F. The first-order valence-electron chi connectivity index (χ1n) is 5.83. The number of likely N-dealkylation sites (tertiary alicyclic amines) is 1. The molecule has 1 aliphatic heterocycles. The number of halogens is 1. The lowest BCUT2D eigenvalue weighted by atomic mass is 10.1. The fourth-order valence-corrected chi connectivity index (χ4v) is 2.01. The molecule has 0 saturated carbocycles. The van der Waals surface area contributed by atoms with Gasteiger partial charge >= 0.3 is 6.03 Å². The summed E-state index contributed by atoms with van der Waals surface area (Å²) in [4.78, 5) is 19.0. The molecule has 0 spiro atoms. The summed E-state index contributed by atoms with van der Waals surface area (Å²) in [6, 6.07) is 2.64. The standard InChI is InChI=1S/C12H16FN3O/c1-15(11-10(13)6-5-7-14-11)12(17)16-8-3-2-4-9-16/h5-7H,2-4,8-9H2,1H3. The summed E-state index contributed by atoms with van der Waals surface area (Å²) in [6.45, 7) is 1.50. The Bertz CT molecular complexity index is 404. The van der Waals surface area contributed by atoms with E-state index in [9.17, 15) is 9.18 Å². The van der Waals surface area contributed by atoms with Crippen molar-refractivity contribution >= 4 is 11.8 Å². The van der Waals surface area contributed by atoms with Gasteiger partial charge < -0.3 is 4.90 Å². The van der Waals surface area contributed by atoms with Gasteiger partial charge in [0.15, 0.2) is 11.6 Å². The molecule has 0 bridgehead atoms. The molecule has 0 aromatic carbocycles. The Morgan fingerprint density at radius 1 is 1.41 bits per heavy atom. The van der Waals surface area contributed by atoms with Crippen LogP contribution < -0.4 is 4.90 Å². The van der Waals surface area contributed by atoms with Gasteiger partial charge in [-0.15, -0.1) is 0 Å². The van der Waals surface area contributed by atoms with Crippen molar-refractivity contribution < 1.29 is 9.18 Å². The predicted octanol–water partition coefficient (Wildman–Crippen LogP) is 2.26. The summed E-state index contributed by atoms with van der Waals surface area (Å²) in [5.41, 5.74) is 0. The Kier molecular flexibility index (Phi) is 3.56. The van der Waals surface area contributed by atoms with Crippen LogP contribution in [0.3, 0.4) is 0 Å². The highest BCUT2D eigenvalue weighted by Gasteiger charge is 2.23. The Balaban J connectivity index is 2.11. The van der Waals surface area contributed by atoms with Crippen LogP contribution in [0, 0.1) is 5.82 Å². The van der Waals surface area contributed by atoms with E-state index in [0.29, 0.717) is 0 Å². The van der Waals surface area contributed by atoms with E-state index in [1.807, 2.05) is 0 Å².